The van der Waals surface area contributed by atoms with Gasteiger partial charge in [-0.1, -0.05) is 18.2 Å². The van der Waals surface area contributed by atoms with Gasteiger partial charge >= 0.3 is 12.3 Å². The third-order valence-corrected chi connectivity index (χ3v) is 6.35. The number of aromatic nitrogens is 2. The molecule has 1 aliphatic heterocycles. The first-order valence-electron chi connectivity index (χ1n) is 12.8. The van der Waals surface area contributed by atoms with Crippen molar-refractivity contribution in [2.75, 3.05) is 13.1 Å². The van der Waals surface area contributed by atoms with E-state index < -0.39 is 17.8 Å². The van der Waals surface area contributed by atoms with E-state index in [4.69, 9.17) is 14.2 Å². The summed E-state index contributed by atoms with van der Waals surface area (Å²) in [4.78, 5) is 22.3. The molecule has 2 aromatic carbocycles. The van der Waals surface area contributed by atoms with Gasteiger partial charge in [-0.3, -0.25) is 4.98 Å². The van der Waals surface area contributed by atoms with Gasteiger partial charge < -0.3 is 19.1 Å². The molecule has 0 aliphatic carbocycles. The SMILES string of the molecule is O=C(Oc1ccc(Cc2ccc(C(F)(F)F)cn2)cc1)N1CCC(Oc2ccc(Oc3ccccn3)cc2)CC1. The fourth-order valence-electron chi connectivity index (χ4n) is 4.21. The van der Waals surface area contributed by atoms with Gasteiger partial charge in [0, 0.05) is 56.5 Å². The van der Waals surface area contributed by atoms with E-state index in [9.17, 15) is 18.0 Å². The zero-order chi connectivity index (χ0) is 28.0. The molecule has 0 unspecified atom stereocenters. The summed E-state index contributed by atoms with van der Waals surface area (Å²) in [6.45, 7) is 1.00. The number of alkyl halides is 3. The Kier molecular flexibility index (Phi) is 8.14. The van der Waals surface area contributed by atoms with Crippen LogP contribution in [-0.4, -0.2) is 40.2 Å². The number of likely N-dealkylation sites (tertiary alicyclic amines) is 1. The van der Waals surface area contributed by atoms with Crippen molar-refractivity contribution in [2.45, 2.75) is 31.5 Å². The molecule has 5 rings (SSSR count). The lowest BCUT2D eigenvalue weighted by Gasteiger charge is -2.31. The van der Waals surface area contributed by atoms with Crippen LogP contribution in [0.25, 0.3) is 0 Å². The summed E-state index contributed by atoms with van der Waals surface area (Å²) in [5.41, 5.74) is 0.563. The Morgan fingerprint density at radius 1 is 0.850 bits per heavy atom. The largest absolute Gasteiger partial charge is 0.490 e. The quantitative estimate of drug-likeness (QED) is 0.249. The number of hydrogen-bond acceptors (Lipinski definition) is 6. The van der Waals surface area contributed by atoms with Gasteiger partial charge in [0.05, 0.1) is 5.56 Å². The Balaban J connectivity index is 1.06. The minimum Gasteiger partial charge on any atom is -0.490 e. The van der Waals surface area contributed by atoms with E-state index in [0.717, 1.165) is 23.6 Å². The summed E-state index contributed by atoms with van der Waals surface area (Å²) in [6, 6.07) is 22.0. The molecule has 0 saturated carbocycles. The Bertz CT molecular complexity index is 1390. The van der Waals surface area contributed by atoms with Crippen LogP contribution in [0.4, 0.5) is 18.0 Å². The lowest BCUT2D eigenvalue weighted by atomic mass is 10.1. The zero-order valence-electron chi connectivity index (χ0n) is 21.4. The maximum absolute atomic E-state index is 12.7. The smallest absolute Gasteiger partial charge is 0.417 e. The highest BCUT2D eigenvalue weighted by molar-refractivity contribution is 5.70. The first kappa shape index (κ1) is 27.0. The van der Waals surface area contributed by atoms with Gasteiger partial charge in [-0.25, -0.2) is 9.78 Å². The number of piperidine rings is 1. The van der Waals surface area contributed by atoms with Crippen LogP contribution in [0.3, 0.4) is 0 Å². The van der Waals surface area contributed by atoms with Gasteiger partial charge in [-0.2, -0.15) is 13.2 Å². The van der Waals surface area contributed by atoms with Gasteiger partial charge in [0.15, 0.2) is 0 Å². The second-order valence-corrected chi connectivity index (χ2v) is 9.27. The number of nitrogens with zero attached hydrogens (tertiary/aromatic N) is 3. The number of pyridine rings is 2. The first-order valence-corrected chi connectivity index (χ1v) is 12.8. The van der Waals surface area contributed by atoms with E-state index in [0.29, 0.717) is 55.4 Å². The number of hydrogen-bond donors (Lipinski definition) is 0. The molecule has 0 bridgehead atoms. The van der Waals surface area contributed by atoms with Crippen molar-refractivity contribution in [2.24, 2.45) is 0 Å². The zero-order valence-corrected chi connectivity index (χ0v) is 21.4. The van der Waals surface area contributed by atoms with E-state index in [2.05, 4.69) is 9.97 Å². The molecule has 4 aromatic rings. The van der Waals surface area contributed by atoms with Crippen molar-refractivity contribution in [3.63, 3.8) is 0 Å². The molecule has 0 N–H and O–H groups in total. The van der Waals surface area contributed by atoms with E-state index in [1.165, 1.54) is 6.07 Å². The van der Waals surface area contributed by atoms with Crippen LogP contribution in [0.2, 0.25) is 0 Å². The van der Waals surface area contributed by atoms with Crippen LogP contribution in [-0.2, 0) is 12.6 Å². The molecule has 0 radical (unpaired) electrons. The monoisotopic (exact) mass is 549 g/mol. The highest BCUT2D eigenvalue weighted by Gasteiger charge is 2.30. The topological polar surface area (TPSA) is 73.8 Å². The highest BCUT2D eigenvalue weighted by Crippen LogP contribution is 2.29. The molecule has 1 aliphatic rings. The molecular formula is C30H26F3N3O4. The van der Waals surface area contributed by atoms with E-state index in [1.807, 2.05) is 36.4 Å². The minimum absolute atomic E-state index is 0.0234. The van der Waals surface area contributed by atoms with Crippen molar-refractivity contribution in [1.29, 1.82) is 0 Å². The molecule has 206 valence electrons. The van der Waals surface area contributed by atoms with Gasteiger partial charge in [0.25, 0.3) is 0 Å². The molecule has 7 nitrogen and oxygen atoms in total. The number of ether oxygens (including phenoxy) is 3. The average Bonchev–Trinajstić information content (AvgIpc) is 2.96. The van der Waals surface area contributed by atoms with Crippen LogP contribution >= 0.6 is 0 Å². The molecule has 1 amide bonds. The van der Waals surface area contributed by atoms with Gasteiger partial charge in [-0.05, 0) is 60.2 Å². The number of halogens is 3. The highest BCUT2D eigenvalue weighted by atomic mass is 19.4. The fraction of sp³-hybridized carbons (Fsp3) is 0.233. The number of rotatable bonds is 7. The van der Waals surface area contributed by atoms with E-state index in [1.54, 1.807) is 41.4 Å². The summed E-state index contributed by atoms with van der Waals surface area (Å²) in [5.74, 6) is 2.29. The molecule has 10 heteroatoms. The van der Waals surface area contributed by atoms with Crippen molar-refractivity contribution in [1.82, 2.24) is 14.9 Å². The summed E-state index contributed by atoms with van der Waals surface area (Å²) in [7, 11) is 0. The molecule has 2 aromatic heterocycles. The Morgan fingerprint density at radius 3 is 2.17 bits per heavy atom. The second kappa shape index (κ2) is 12.1. The summed E-state index contributed by atoms with van der Waals surface area (Å²) < 4.78 is 55.4. The third-order valence-electron chi connectivity index (χ3n) is 6.35. The molecule has 40 heavy (non-hydrogen) atoms. The second-order valence-electron chi connectivity index (χ2n) is 9.27. The summed E-state index contributed by atoms with van der Waals surface area (Å²) in [5, 5.41) is 0. The standard InChI is InChI=1S/C30H26F3N3O4/c31-30(32,33)22-6-7-23(35-20-22)19-21-4-8-26(9-5-21)40-29(37)36-17-14-27(15-18-36)38-24-10-12-25(13-11-24)39-28-3-1-2-16-34-28/h1-13,16,20,27H,14-15,17-19H2. The molecule has 1 fully saturated rings. The normalized spacial score (nSPS) is 14.0. The molecule has 0 spiro atoms. The van der Waals surface area contributed by atoms with Gasteiger partial charge in [0.1, 0.15) is 23.4 Å². The van der Waals surface area contributed by atoms with Crippen molar-refractivity contribution >= 4 is 6.09 Å². The van der Waals surface area contributed by atoms with Crippen LogP contribution < -0.4 is 14.2 Å². The predicted octanol–water partition coefficient (Wildman–Crippen LogP) is 6.92. The molecule has 3 heterocycles. The van der Waals surface area contributed by atoms with Crippen LogP contribution in [0.15, 0.2) is 91.3 Å². The van der Waals surface area contributed by atoms with Crippen LogP contribution in [0, 0.1) is 0 Å². The van der Waals surface area contributed by atoms with Gasteiger partial charge in [-0.15, -0.1) is 0 Å². The number of benzene rings is 2. The van der Waals surface area contributed by atoms with E-state index in [-0.39, 0.29) is 6.10 Å². The summed E-state index contributed by atoms with van der Waals surface area (Å²) in [6.07, 6.45) is -0.687. The predicted molar refractivity (Wildman–Crippen MR) is 140 cm³/mol. The third kappa shape index (κ3) is 7.28. The number of amides is 1. The maximum atomic E-state index is 12.7. The molecule has 0 atom stereocenters. The molecule has 1 saturated heterocycles. The minimum atomic E-state index is -4.41. The number of carbonyl (C=O) groups excluding carboxylic acids is 1. The van der Waals surface area contributed by atoms with E-state index >= 15 is 0 Å². The first-order chi connectivity index (χ1) is 19.3. The molecular weight excluding hydrogens is 523 g/mol. The fourth-order valence-corrected chi connectivity index (χ4v) is 4.21. The lowest BCUT2D eigenvalue weighted by molar-refractivity contribution is -0.137. The van der Waals surface area contributed by atoms with Gasteiger partial charge in [0.2, 0.25) is 5.88 Å². The van der Waals surface area contributed by atoms with Crippen molar-refractivity contribution in [3.8, 4) is 23.1 Å². The Labute approximate surface area is 229 Å². The van der Waals surface area contributed by atoms with Crippen molar-refractivity contribution < 1.29 is 32.2 Å². The Morgan fingerprint density at radius 2 is 1.55 bits per heavy atom. The van der Waals surface area contributed by atoms with Crippen LogP contribution in [0.5, 0.6) is 23.1 Å². The maximum Gasteiger partial charge on any atom is 0.417 e. The number of carbonyl (C=O) groups is 1. The van der Waals surface area contributed by atoms with Crippen molar-refractivity contribution in [3.05, 3.63) is 108 Å². The average molecular weight is 550 g/mol. The summed E-state index contributed by atoms with van der Waals surface area (Å²) >= 11 is 0. The van der Waals surface area contributed by atoms with Crippen LogP contribution in [0.1, 0.15) is 29.7 Å². The Hall–Kier alpha value is -4.60. The lowest BCUT2D eigenvalue weighted by Crippen LogP contribution is -2.43.